The average Bonchev–Trinajstić information content (AvgIpc) is 2.88. The van der Waals surface area contributed by atoms with E-state index in [1.165, 1.54) is 0 Å². The highest BCUT2D eigenvalue weighted by Gasteiger charge is 2.15. The van der Waals surface area contributed by atoms with E-state index in [4.69, 9.17) is 0 Å². The number of thioether (sulfide) groups is 1. The number of para-hydroxylation sites is 1. The third-order valence-electron chi connectivity index (χ3n) is 4.15. The summed E-state index contributed by atoms with van der Waals surface area (Å²) in [6.45, 7) is 8.53. The fourth-order valence-electron chi connectivity index (χ4n) is 2.91. The molecular formula is C20H20N2OS. The lowest BCUT2D eigenvalue weighted by molar-refractivity contribution is 0.102. The van der Waals surface area contributed by atoms with Crippen molar-refractivity contribution in [2.24, 2.45) is 0 Å². The molecule has 24 heavy (non-hydrogen) atoms. The van der Waals surface area contributed by atoms with Gasteiger partial charge in [0.2, 0.25) is 0 Å². The van der Waals surface area contributed by atoms with Gasteiger partial charge >= 0.3 is 0 Å². The molecule has 0 saturated carbocycles. The Hall–Kier alpha value is -2.33. The molecule has 0 amide bonds. The van der Waals surface area contributed by atoms with Gasteiger partial charge in [-0.3, -0.25) is 9.78 Å². The molecule has 122 valence electrons. The van der Waals surface area contributed by atoms with E-state index in [-0.39, 0.29) is 5.78 Å². The van der Waals surface area contributed by atoms with Crippen molar-refractivity contribution in [2.45, 2.75) is 25.3 Å². The first-order valence-electron chi connectivity index (χ1n) is 7.89. The van der Waals surface area contributed by atoms with Crippen LogP contribution < -0.4 is 0 Å². The van der Waals surface area contributed by atoms with Crippen LogP contribution in [-0.2, 0) is 6.54 Å². The summed E-state index contributed by atoms with van der Waals surface area (Å²) in [6, 6.07) is 12.0. The number of benzene rings is 1. The molecule has 0 N–H and O–H groups in total. The fourth-order valence-corrected chi connectivity index (χ4v) is 3.84. The fraction of sp³-hybridized carbons (Fsp3) is 0.200. The second-order valence-electron chi connectivity index (χ2n) is 5.72. The van der Waals surface area contributed by atoms with E-state index >= 15 is 0 Å². The molecule has 1 aromatic carbocycles. The molecule has 2 heterocycles. The van der Waals surface area contributed by atoms with Crippen molar-refractivity contribution in [3.05, 3.63) is 72.2 Å². The number of allylic oxidation sites excluding steroid dienone is 1. The van der Waals surface area contributed by atoms with E-state index in [2.05, 4.69) is 16.1 Å². The van der Waals surface area contributed by atoms with Crippen molar-refractivity contribution < 1.29 is 4.79 Å². The monoisotopic (exact) mass is 336 g/mol. The standard InChI is InChI=1S/C20H20N2OS/c1-4-11-22-14(2)12-17(15(22)3)19(23)13-24-20-9-10-21-18-8-6-5-7-16(18)20/h4-10,12H,1,11,13H2,2-3H3. The molecular weight excluding hydrogens is 316 g/mol. The minimum atomic E-state index is 0.157. The summed E-state index contributed by atoms with van der Waals surface area (Å²) in [4.78, 5) is 18.1. The van der Waals surface area contributed by atoms with E-state index in [1.807, 2.05) is 56.3 Å². The molecule has 2 aromatic heterocycles. The Morgan fingerprint density at radius 3 is 2.88 bits per heavy atom. The van der Waals surface area contributed by atoms with Crippen molar-refractivity contribution in [3.8, 4) is 0 Å². The number of Topliss-reactive ketones (excluding diaryl/α,β-unsaturated/α-hetero) is 1. The van der Waals surface area contributed by atoms with Crippen LogP contribution in [0.1, 0.15) is 21.7 Å². The Labute approximate surface area is 146 Å². The minimum Gasteiger partial charge on any atom is -0.345 e. The van der Waals surface area contributed by atoms with Gasteiger partial charge in [-0.2, -0.15) is 0 Å². The smallest absolute Gasteiger partial charge is 0.174 e. The number of pyridine rings is 1. The number of carbonyl (C=O) groups excluding carboxylic acids is 1. The quantitative estimate of drug-likeness (QED) is 0.368. The summed E-state index contributed by atoms with van der Waals surface area (Å²) in [5, 5.41) is 1.09. The Morgan fingerprint density at radius 2 is 2.08 bits per heavy atom. The van der Waals surface area contributed by atoms with Crippen LogP contribution in [0.15, 0.2) is 60.1 Å². The first-order chi connectivity index (χ1) is 11.6. The second-order valence-corrected chi connectivity index (χ2v) is 6.74. The Balaban J connectivity index is 1.81. The lowest BCUT2D eigenvalue weighted by atomic mass is 10.2. The van der Waals surface area contributed by atoms with E-state index in [9.17, 15) is 4.79 Å². The van der Waals surface area contributed by atoms with Crippen LogP contribution in [-0.4, -0.2) is 21.1 Å². The number of aryl methyl sites for hydroxylation is 1. The van der Waals surface area contributed by atoms with Crippen molar-refractivity contribution in [2.75, 3.05) is 5.75 Å². The summed E-state index contributed by atoms with van der Waals surface area (Å²) in [6.07, 6.45) is 3.65. The zero-order valence-corrected chi connectivity index (χ0v) is 14.8. The van der Waals surface area contributed by atoms with Crippen LogP contribution in [0.4, 0.5) is 0 Å². The van der Waals surface area contributed by atoms with Gasteiger partial charge in [-0.25, -0.2) is 0 Å². The second kappa shape index (κ2) is 7.05. The van der Waals surface area contributed by atoms with Gasteiger partial charge in [0.1, 0.15) is 0 Å². The normalized spacial score (nSPS) is 10.9. The molecule has 0 aliphatic heterocycles. The molecule has 0 fully saturated rings. The number of rotatable bonds is 6. The predicted molar refractivity (Wildman–Crippen MR) is 101 cm³/mol. The molecule has 4 heteroatoms. The highest BCUT2D eigenvalue weighted by molar-refractivity contribution is 8.00. The molecule has 0 spiro atoms. The van der Waals surface area contributed by atoms with E-state index < -0.39 is 0 Å². The van der Waals surface area contributed by atoms with Gasteiger partial charge in [-0.1, -0.05) is 24.3 Å². The zero-order chi connectivity index (χ0) is 17.1. The van der Waals surface area contributed by atoms with E-state index in [1.54, 1.807) is 18.0 Å². The summed E-state index contributed by atoms with van der Waals surface area (Å²) in [7, 11) is 0. The lowest BCUT2D eigenvalue weighted by Gasteiger charge is -2.07. The maximum Gasteiger partial charge on any atom is 0.174 e. The maximum atomic E-state index is 12.7. The number of hydrogen-bond donors (Lipinski definition) is 0. The average molecular weight is 336 g/mol. The molecule has 3 rings (SSSR count). The largest absolute Gasteiger partial charge is 0.345 e. The van der Waals surface area contributed by atoms with Gasteiger partial charge in [0.15, 0.2) is 5.78 Å². The lowest BCUT2D eigenvalue weighted by Crippen LogP contribution is -2.06. The molecule has 0 unspecified atom stereocenters. The SMILES string of the molecule is C=CCn1c(C)cc(C(=O)CSc2ccnc3ccccc23)c1C. The van der Waals surface area contributed by atoms with Gasteiger partial charge in [0, 0.05) is 40.0 Å². The molecule has 0 atom stereocenters. The van der Waals surface area contributed by atoms with Crippen LogP contribution in [0, 0.1) is 13.8 Å². The Morgan fingerprint density at radius 1 is 1.29 bits per heavy atom. The van der Waals surface area contributed by atoms with Crippen LogP contribution in [0.2, 0.25) is 0 Å². The van der Waals surface area contributed by atoms with Gasteiger partial charge in [0.05, 0.1) is 11.3 Å². The van der Waals surface area contributed by atoms with Crippen LogP contribution >= 0.6 is 11.8 Å². The molecule has 0 radical (unpaired) electrons. The van der Waals surface area contributed by atoms with Crippen molar-refractivity contribution in [1.82, 2.24) is 9.55 Å². The third-order valence-corrected chi connectivity index (χ3v) is 5.23. The molecule has 0 saturated heterocycles. The molecule has 3 aromatic rings. The summed E-state index contributed by atoms with van der Waals surface area (Å²) in [5.74, 6) is 0.580. The molecule has 3 nitrogen and oxygen atoms in total. The van der Waals surface area contributed by atoms with Gasteiger partial charge < -0.3 is 4.57 Å². The molecule has 0 bridgehead atoms. The summed E-state index contributed by atoms with van der Waals surface area (Å²) >= 11 is 1.57. The number of ketones is 1. The first-order valence-corrected chi connectivity index (χ1v) is 8.87. The predicted octanol–water partition coefficient (Wildman–Crippen LogP) is 4.81. The molecule has 0 aliphatic rings. The van der Waals surface area contributed by atoms with E-state index in [0.717, 1.165) is 39.3 Å². The van der Waals surface area contributed by atoms with Gasteiger partial charge in [-0.15, -0.1) is 18.3 Å². The van der Waals surface area contributed by atoms with Crippen LogP contribution in [0.25, 0.3) is 10.9 Å². The highest BCUT2D eigenvalue weighted by atomic mass is 32.2. The zero-order valence-electron chi connectivity index (χ0n) is 14.0. The number of aromatic nitrogens is 2. The van der Waals surface area contributed by atoms with Gasteiger partial charge in [-0.05, 0) is 32.0 Å². The van der Waals surface area contributed by atoms with E-state index in [0.29, 0.717) is 5.75 Å². The number of hydrogen-bond acceptors (Lipinski definition) is 3. The van der Waals surface area contributed by atoms with Crippen molar-refractivity contribution in [1.29, 1.82) is 0 Å². The van der Waals surface area contributed by atoms with Crippen molar-refractivity contribution in [3.63, 3.8) is 0 Å². The van der Waals surface area contributed by atoms with Crippen molar-refractivity contribution >= 4 is 28.4 Å². The minimum absolute atomic E-state index is 0.157. The van der Waals surface area contributed by atoms with Crippen LogP contribution in [0.3, 0.4) is 0 Å². The highest BCUT2D eigenvalue weighted by Crippen LogP contribution is 2.27. The summed E-state index contributed by atoms with van der Waals surface area (Å²) < 4.78 is 2.12. The Bertz CT molecular complexity index is 906. The van der Waals surface area contributed by atoms with Gasteiger partial charge in [0.25, 0.3) is 0 Å². The maximum absolute atomic E-state index is 12.7. The molecule has 0 aliphatic carbocycles. The first kappa shape index (κ1) is 16.5. The summed E-state index contributed by atoms with van der Waals surface area (Å²) in [5.41, 5.74) is 3.87. The third kappa shape index (κ3) is 3.15. The number of nitrogens with zero attached hydrogens (tertiary/aromatic N) is 2. The topological polar surface area (TPSA) is 34.9 Å². The van der Waals surface area contributed by atoms with Crippen LogP contribution in [0.5, 0.6) is 0 Å². The number of fused-ring (bicyclic) bond motifs is 1. The number of carbonyl (C=O) groups is 1. The Kier molecular flexibility index (Phi) is 4.86.